The van der Waals surface area contributed by atoms with Crippen LogP contribution in [0.5, 0.6) is 0 Å². The van der Waals surface area contributed by atoms with Crippen molar-refractivity contribution in [3.63, 3.8) is 0 Å². The van der Waals surface area contributed by atoms with Crippen LogP contribution in [-0.2, 0) is 14.6 Å². The molecule has 1 aliphatic carbocycles. The third-order valence-corrected chi connectivity index (χ3v) is 6.34. The number of sulfone groups is 1. The van der Waals surface area contributed by atoms with E-state index in [1.807, 2.05) is 0 Å². The van der Waals surface area contributed by atoms with Gasteiger partial charge in [-0.3, -0.25) is 4.79 Å². The molecule has 0 aromatic rings. The summed E-state index contributed by atoms with van der Waals surface area (Å²) >= 11 is 0. The van der Waals surface area contributed by atoms with Crippen molar-refractivity contribution in [1.82, 2.24) is 5.32 Å². The zero-order chi connectivity index (χ0) is 14.6. The molecule has 2 fully saturated rings. The van der Waals surface area contributed by atoms with Gasteiger partial charge < -0.3 is 11.1 Å². The second kappa shape index (κ2) is 6.89. The Morgan fingerprint density at radius 3 is 2.50 bits per heavy atom. The summed E-state index contributed by atoms with van der Waals surface area (Å²) in [6, 6.07) is 0.0425. The molecular weight excluding hydrogens is 276 g/mol. The van der Waals surface area contributed by atoms with E-state index in [0.717, 1.165) is 25.7 Å². The average Bonchev–Trinajstić information content (AvgIpc) is 2.42. The van der Waals surface area contributed by atoms with Gasteiger partial charge in [-0.25, -0.2) is 8.42 Å². The molecule has 0 bridgehead atoms. The molecule has 3 N–H and O–H groups in total. The molecule has 1 saturated heterocycles. The van der Waals surface area contributed by atoms with Crippen molar-refractivity contribution in [3.05, 3.63) is 0 Å². The van der Waals surface area contributed by atoms with Crippen LogP contribution in [0.1, 0.15) is 44.9 Å². The first kappa shape index (κ1) is 15.8. The highest BCUT2D eigenvalue weighted by atomic mass is 32.2. The fraction of sp³-hybridized carbons (Fsp3) is 0.929. The Bertz CT molecular complexity index is 420. The van der Waals surface area contributed by atoms with Crippen LogP contribution in [0.2, 0.25) is 0 Å². The van der Waals surface area contributed by atoms with E-state index in [9.17, 15) is 13.2 Å². The molecule has 2 aliphatic rings. The van der Waals surface area contributed by atoms with Crippen LogP contribution in [0.3, 0.4) is 0 Å². The molecule has 1 heterocycles. The largest absolute Gasteiger partial charge is 0.353 e. The highest BCUT2D eigenvalue weighted by Crippen LogP contribution is 2.31. The summed E-state index contributed by atoms with van der Waals surface area (Å²) in [5.74, 6) is 1.21. The zero-order valence-electron chi connectivity index (χ0n) is 12.0. The van der Waals surface area contributed by atoms with Crippen molar-refractivity contribution in [3.8, 4) is 0 Å². The molecule has 1 aliphatic heterocycles. The first-order chi connectivity index (χ1) is 9.50. The molecule has 0 radical (unpaired) electrons. The lowest BCUT2D eigenvalue weighted by Gasteiger charge is -2.30. The SMILES string of the molecule is NCCC1CCCC(C(=O)NC2CCS(=O)(=O)CC2)C1. The van der Waals surface area contributed by atoms with Crippen molar-refractivity contribution < 1.29 is 13.2 Å². The molecule has 5 nitrogen and oxygen atoms in total. The summed E-state index contributed by atoms with van der Waals surface area (Å²) in [5.41, 5.74) is 5.60. The first-order valence-corrected chi connectivity index (χ1v) is 9.53. The summed E-state index contributed by atoms with van der Waals surface area (Å²) in [6.45, 7) is 0.694. The van der Waals surface area contributed by atoms with E-state index in [1.165, 1.54) is 6.42 Å². The summed E-state index contributed by atoms with van der Waals surface area (Å²) in [7, 11) is -2.86. The Labute approximate surface area is 121 Å². The molecule has 0 aromatic heterocycles. The summed E-state index contributed by atoms with van der Waals surface area (Å²) < 4.78 is 22.7. The highest BCUT2D eigenvalue weighted by Gasteiger charge is 2.30. The summed E-state index contributed by atoms with van der Waals surface area (Å²) in [5, 5.41) is 3.05. The lowest BCUT2D eigenvalue weighted by molar-refractivity contribution is -0.127. The van der Waals surface area contributed by atoms with Crippen molar-refractivity contribution in [1.29, 1.82) is 0 Å². The second-order valence-corrected chi connectivity index (χ2v) is 8.55. The maximum atomic E-state index is 12.3. The smallest absolute Gasteiger partial charge is 0.223 e. The predicted molar refractivity (Wildman–Crippen MR) is 78.9 cm³/mol. The molecule has 6 heteroatoms. The third kappa shape index (κ3) is 4.45. The minimum atomic E-state index is -2.86. The van der Waals surface area contributed by atoms with Gasteiger partial charge in [0.2, 0.25) is 5.91 Å². The van der Waals surface area contributed by atoms with Gasteiger partial charge in [0.05, 0.1) is 11.5 Å². The molecule has 1 saturated carbocycles. The van der Waals surface area contributed by atoms with E-state index in [2.05, 4.69) is 5.32 Å². The van der Waals surface area contributed by atoms with Crippen LogP contribution in [-0.4, -0.2) is 38.4 Å². The van der Waals surface area contributed by atoms with Crippen LogP contribution in [0.15, 0.2) is 0 Å². The number of hydrogen-bond donors (Lipinski definition) is 2. The van der Waals surface area contributed by atoms with Gasteiger partial charge in [-0.05, 0) is 44.6 Å². The maximum Gasteiger partial charge on any atom is 0.223 e. The van der Waals surface area contributed by atoms with Crippen LogP contribution in [0.25, 0.3) is 0 Å². The van der Waals surface area contributed by atoms with Crippen molar-refractivity contribution in [2.75, 3.05) is 18.1 Å². The Morgan fingerprint density at radius 1 is 1.15 bits per heavy atom. The van der Waals surface area contributed by atoms with Gasteiger partial charge >= 0.3 is 0 Å². The number of nitrogens with two attached hydrogens (primary N) is 1. The van der Waals surface area contributed by atoms with Crippen molar-refractivity contribution >= 4 is 15.7 Å². The lowest BCUT2D eigenvalue weighted by atomic mass is 9.79. The number of hydrogen-bond acceptors (Lipinski definition) is 4. The summed E-state index contributed by atoms with van der Waals surface area (Å²) in [6.07, 6.45) is 6.31. The van der Waals surface area contributed by atoms with Gasteiger partial charge in [0.25, 0.3) is 0 Å². The van der Waals surface area contributed by atoms with E-state index in [1.54, 1.807) is 0 Å². The number of rotatable bonds is 4. The van der Waals surface area contributed by atoms with Crippen LogP contribution in [0.4, 0.5) is 0 Å². The minimum Gasteiger partial charge on any atom is -0.353 e. The van der Waals surface area contributed by atoms with E-state index in [-0.39, 0.29) is 29.4 Å². The minimum absolute atomic E-state index is 0.0425. The molecule has 1 amide bonds. The molecule has 2 unspecified atom stereocenters. The van der Waals surface area contributed by atoms with E-state index >= 15 is 0 Å². The fourth-order valence-corrected chi connectivity index (χ4v) is 4.87. The molecule has 116 valence electrons. The quantitative estimate of drug-likeness (QED) is 0.805. The van der Waals surface area contributed by atoms with Crippen LogP contribution < -0.4 is 11.1 Å². The fourth-order valence-electron chi connectivity index (χ4n) is 3.38. The zero-order valence-corrected chi connectivity index (χ0v) is 12.8. The molecule has 2 rings (SSSR count). The normalized spacial score (nSPS) is 30.9. The number of amides is 1. The van der Waals surface area contributed by atoms with Gasteiger partial charge in [-0.2, -0.15) is 0 Å². The lowest BCUT2D eigenvalue weighted by Crippen LogP contribution is -2.44. The van der Waals surface area contributed by atoms with E-state index in [0.29, 0.717) is 25.3 Å². The Balaban J connectivity index is 1.80. The Kier molecular flexibility index (Phi) is 5.43. The first-order valence-electron chi connectivity index (χ1n) is 7.71. The van der Waals surface area contributed by atoms with Gasteiger partial charge in [0, 0.05) is 12.0 Å². The second-order valence-electron chi connectivity index (χ2n) is 6.24. The van der Waals surface area contributed by atoms with Crippen molar-refractivity contribution in [2.24, 2.45) is 17.6 Å². The maximum absolute atomic E-state index is 12.3. The van der Waals surface area contributed by atoms with E-state index in [4.69, 9.17) is 5.73 Å². The number of nitrogens with one attached hydrogen (secondary N) is 1. The van der Waals surface area contributed by atoms with Crippen LogP contribution >= 0.6 is 0 Å². The summed E-state index contributed by atoms with van der Waals surface area (Å²) in [4.78, 5) is 12.3. The highest BCUT2D eigenvalue weighted by molar-refractivity contribution is 7.91. The molecule has 2 atom stereocenters. The number of carbonyl (C=O) groups excluding carboxylic acids is 1. The molecule has 0 spiro atoms. The Hall–Kier alpha value is -0.620. The topological polar surface area (TPSA) is 89.3 Å². The Morgan fingerprint density at radius 2 is 1.85 bits per heavy atom. The van der Waals surface area contributed by atoms with E-state index < -0.39 is 9.84 Å². The van der Waals surface area contributed by atoms with Gasteiger partial charge in [0.15, 0.2) is 0 Å². The van der Waals surface area contributed by atoms with Gasteiger partial charge in [0.1, 0.15) is 9.84 Å². The molecule has 0 aromatic carbocycles. The third-order valence-electron chi connectivity index (χ3n) is 4.63. The number of carbonyl (C=O) groups is 1. The average molecular weight is 302 g/mol. The monoisotopic (exact) mass is 302 g/mol. The van der Waals surface area contributed by atoms with Crippen LogP contribution in [0, 0.1) is 11.8 Å². The molecular formula is C14H26N2O3S. The standard InChI is InChI=1S/C14H26N2O3S/c15-7-4-11-2-1-3-12(10-11)14(17)16-13-5-8-20(18,19)9-6-13/h11-13H,1-10,15H2,(H,16,17). The van der Waals surface area contributed by atoms with Gasteiger partial charge in [-0.1, -0.05) is 12.8 Å². The van der Waals surface area contributed by atoms with Gasteiger partial charge in [-0.15, -0.1) is 0 Å². The predicted octanol–water partition coefficient (Wildman–Crippen LogP) is 0.835. The van der Waals surface area contributed by atoms with Crippen molar-refractivity contribution in [2.45, 2.75) is 51.0 Å². The molecule has 20 heavy (non-hydrogen) atoms.